The Labute approximate surface area is 169 Å². The van der Waals surface area contributed by atoms with Gasteiger partial charge in [0.25, 0.3) is 5.56 Å². The molecule has 4 rings (SSSR count). The van der Waals surface area contributed by atoms with Crippen LogP contribution in [0.1, 0.15) is 47.3 Å². The van der Waals surface area contributed by atoms with E-state index < -0.39 is 24.1 Å². The molecule has 3 heterocycles. The second-order valence-corrected chi connectivity index (χ2v) is 7.37. The van der Waals surface area contributed by atoms with Crippen molar-refractivity contribution in [3.05, 3.63) is 64.0 Å². The van der Waals surface area contributed by atoms with Crippen molar-refractivity contribution in [1.29, 1.82) is 0 Å². The van der Waals surface area contributed by atoms with Crippen molar-refractivity contribution < 1.29 is 22.7 Å². The number of carbonyl (C=O) groups excluding carboxylic acids is 1. The van der Waals surface area contributed by atoms with Crippen LogP contribution < -0.4 is 10.3 Å². The summed E-state index contributed by atoms with van der Waals surface area (Å²) in [5, 5.41) is 0. The van der Waals surface area contributed by atoms with E-state index >= 15 is 0 Å². The number of pyridine rings is 2. The second kappa shape index (κ2) is 7.62. The predicted molar refractivity (Wildman–Crippen MR) is 103 cm³/mol. The molecule has 1 saturated carbocycles. The van der Waals surface area contributed by atoms with Gasteiger partial charge in [0.1, 0.15) is 17.9 Å². The van der Waals surface area contributed by atoms with E-state index in [9.17, 15) is 22.8 Å². The van der Waals surface area contributed by atoms with Gasteiger partial charge in [-0.3, -0.25) is 9.59 Å². The highest BCUT2D eigenvalue weighted by atomic mass is 19.4. The summed E-state index contributed by atoms with van der Waals surface area (Å²) in [4.78, 5) is 29.8. The van der Waals surface area contributed by atoms with Gasteiger partial charge in [-0.1, -0.05) is 0 Å². The highest BCUT2D eigenvalue weighted by Gasteiger charge is 2.29. The van der Waals surface area contributed by atoms with Crippen LogP contribution in [0, 0.1) is 0 Å². The van der Waals surface area contributed by atoms with Crippen molar-refractivity contribution >= 4 is 11.4 Å². The summed E-state index contributed by atoms with van der Waals surface area (Å²) in [5.74, 6) is 0.360. The number of hydrogen-bond donors (Lipinski definition) is 0. The number of halogens is 3. The Bertz CT molecular complexity index is 1160. The number of rotatable bonds is 7. The zero-order valence-electron chi connectivity index (χ0n) is 16.3. The molecule has 0 aromatic carbocycles. The largest absolute Gasteiger partial charge is 0.493 e. The topological polar surface area (TPSA) is 65.6 Å². The number of ether oxygens (including phenoxy) is 1. The third-order valence-corrected chi connectivity index (χ3v) is 4.97. The lowest BCUT2D eigenvalue weighted by molar-refractivity contribution is -0.141. The molecule has 0 radical (unpaired) electrons. The molecule has 0 spiro atoms. The van der Waals surface area contributed by atoms with Crippen molar-refractivity contribution in [2.24, 2.45) is 0 Å². The molecule has 0 aliphatic heterocycles. The lowest BCUT2D eigenvalue weighted by Gasteiger charge is -2.12. The third kappa shape index (κ3) is 4.24. The van der Waals surface area contributed by atoms with Gasteiger partial charge in [-0.15, -0.1) is 0 Å². The molecule has 1 fully saturated rings. The number of hydrogen-bond acceptors (Lipinski definition) is 4. The first-order valence-electron chi connectivity index (χ1n) is 9.69. The quantitative estimate of drug-likeness (QED) is 0.547. The minimum atomic E-state index is -4.56. The van der Waals surface area contributed by atoms with Crippen molar-refractivity contribution in [2.75, 3.05) is 6.61 Å². The lowest BCUT2D eigenvalue weighted by atomic mass is 10.0. The molecule has 1 aliphatic rings. The summed E-state index contributed by atoms with van der Waals surface area (Å²) < 4.78 is 46.0. The normalized spacial score (nSPS) is 14.3. The van der Waals surface area contributed by atoms with E-state index in [1.165, 1.54) is 12.1 Å². The summed E-state index contributed by atoms with van der Waals surface area (Å²) >= 11 is 0. The Morgan fingerprint density at radius 3 is 2.73 bits per heavy atom. The summed E-state index contributed by atoms with van der Waals surface area (Å²) in [6.07, 6.45) is 2.14. The highest BCUT2D eigenvalue weighted by Crippen LogP contribution is 2.39. The predicted octanol–water partition coefficient (Wildman–Crippen LogP) is 3.76. The van der Waals surface area contributed by atoms with Crippen LogP contribution in [0.5, 0.6) is 5.75 Å². The number of fused-ring (bicyclic) bond motifs is 1. The summed E-state index contributed by atoms with van der Waals surface area (Å²) in [6.45, 7) is 0.739. The van der Waals surface area contributed by atoms with Crippen LogP contribution in [0.15, 0.2) is 41.6 Å². The molecule has 158 valence electrons. The van der Waals surface area contributed by atoms with Gasteiger partial charge in [-0.05, 0) is 31.9 Å². The fraction of sp³-hybridized carbons (Fsp3) is 0.381. The zero-order valence-corrected chi connectivity index (χ0v) is 16.3. The lowest BCUT2D eigenvalue weighted by Crippen LogP contribution is -2.31. The van der Waals surface area contributed by atoms with Crippen LogP contribution in [-0.4, -0.2) is 32.5 Å². The Kier molecular flexibility index (Phi) is 5.13. The highest BCUT2D eigenvalue weighted by molar-refractivity contribution is 5.97. The SMILES string of the molecule is CCOc1cc2nc(C3CC3)cn2cc1CC(=O)c1cccn(CC(F)(F)F)c1=O. The van der Waals surface area contributed by atoms with Crippen molar-refractivity contribution in [3.63, 3.8) is 0 Å². The van der Waals surface area contributed by atoms with E-state index in [4.69, 9.17) is 4.74 Å². The maximum Gasteiger partial charge on any atom is 0.406 e. The number of alkyl halides is 3. The van der Waals surface area contributed by atoms with Gasteiger partial charge >= 0.3 is 6.18 Å². The van der Waals surface area contributed by atoms with Crippen LogP contribution in [0.4, 0.5) is 13.2 Å². The molecular weight excluding hydrogens is 399 g/mol. The number of ketones is 1. The van der Waals surface area contributed by atoms with Gasteiger partial charge in [0.15, 0.2) is 5.78 Å². The molecule has 0 unspecified atom stereocenters. The molecule has 0 saturated heterocycles. The van der Waals surface area contributed by atoms with Crippen molar-refractivity contribution in [2.45, 2.75) is 44.8 Å². The average Bonchev–Trinajstić information content (AvgIpc) is 3.43. The number of aromatic nitrogens is 3. The molecule has 1 aliphatic carbocycles. The summed E-state index contributed by atoms with van der Waals surface area (Å²) in [5.41, 5.74) is 0.980. The minimum Gasteiger partial charge on any atom is -0.493 e. The zero-order chi connectivity index (χ0) is 21.5. The van der Waals surface area contributed by atoms with Crippen molar-refractivity contribution in [3.8, 4) is 5.75 Å². The van der Waals surface area contributed by atoms with E-state index in [0.717, 1.165) is 24.7 Å². The van der Waals surface area contributed by atoms with Crippen LogP contribution in [0.3, 0.4) is 0 Å². The molecule has 0 atom stereocenters. The molecule has 3 aromatic rings. The number of Topliss-reactive ketones (excluding diaryl/α,β-unsaturated/α-hetero) is 1. The molecular formula is C21H20F3N3O3. The molecule has 3 aromatic heterocycles. The molecule has 30 heavy (non-hydrogen) atoms. The van der Waals surface area contributed by atoms with E-state index in [1.807, 2.05) is 17.5 Å². The van der Waals surface area contributed by atoms with E-state index in [-0.39, 0.29) is 12.0 Å². The van der Waals surface area contributed by atoms with Gasteiger partial charge in [0.2, 0.25) is 0 Å². The van der Waals surface area contributed by atoms with Crippen LogP contribution >= 0.6 is 0 Å². The first-order valence-corrected chi connectivity index (χ1v) is 9.69. The van der Waals surface area contributed by atoms with Crippen LogP contribution in [0.2, 0.25) is 0 Å². The van der Waals surface area contributed by atoms with Gasteiger partial charge in [0, 0.05) is 42.6 Å². The van der Waals surface area contributed by atoms with Gasteiger partial charge in [0.05, 0.1) is 17.9 Å². The van der Waals surface area contributed by atoms with Crippen LogP contribution in [0.25, 0.3) is 5.65 Å². The molecule has 0 N–H and O–H groups in total. The third-order valence-electron chi connectivity index (χ3n) is 4.97. The molecule has 0 bridgehead atoms. The molecule has 0 amide bonds. The van der Waals surface area contributed by atoms with Gasteiger partial charge in [-0.2, -0.15) is 13.2 Å². The van der Waals surface area contributed by atoms with Crippen molar-refractivity contribution in [1.82, 2.24) is 14.0 Å². The first-order chi connectivity index (χ1) is 14.2. The van der Waals surface area contributed by atoms with E-state index in [1.54, 1.807) is 12.3 Å². The van der Waals surface area contributed by atoms with Crippen LogP contribution in [-0.2, 0) is 13.0 Å². The maximum atomic E-state index is 12.8. The summed E-state index contributed by atoms with van der Waals surface area (Å²) in [6, 6.07) is 4.26. The smallest absolute Gasteiger partial charge is 0.406 e. The Hall–Kier alpha value is -3.10. The Morgan fingerprint density at radius 1 is 1.30 bits per heavy atom. The number of imidazole rings is 1. The monoisotopic (exact) mass is 419 g/mol. The fourth-order valence-electron chi connectivity index (χ4n) is 3.41. The standard InChI is InChI=1S/C21H20F3N3O3/c1-2-30-18-9-19-25-16(13-5-6-13)11-27(19)10-14(18)8-17(28)15-4-3-7-26(20(15)29)12-21(22,23)24/h3-4,7,9-11,13H,2,5-6,8,12H2,1H3. The first kappa shape index (κ1) is 20.2. The summed E-state index contributed by atoms with van der Waals surface area (Å²) in [7, 11) is 0. The average molecular weight is 419 g/mol. The number of nitrogens with zero attached hydrogens (tertiary/aromatic N) is 3. The van der Waals surface area contributed by atoms with E-state index in [2.05, 4.69) is 4.98 Å². The Balaban J connectivity index is 1.66. The fourth-order valence-corrected chi connectivity index (χ4v) is 3.41. The minimum absolute atomic E-state index is 0.173. The maximum absolute atomic E-state index is 12.8. The molecule has 9 heteroatoms. The molecule has 6 nitrogen and oxygen atoms in total. The number of carbonyl (C=O) groups is 1. The van der Waals surface area contributed by atoms with E-state index in [0.29, 0.717) is 34.1 Å². The second-order valence-electron chi connectivity index (χ2n) is 7.37. The van der Waals surface area contributed by atoms with Gasteiger partial charge in [-0.25, -0.2) is 4.98 Å². The Morgan fingerprint density at radius 2 is 2.07 bits per heavy atom. The van der Waals surface area contributed by atoms with Gasteiger partial charge < -0.3 is 13.7 Å².